The highest BCUT2D eigenvalue weighted by atomic mass is 16.4. The lowest BCUT2D eigenvalue weighted by atomic mass is 10.1. The third kappa shape index (κ3) is 3.22. The highest BCUT2D eigenvalue weighted by molar-refractivity contribution is 5.89. The zero-order chi connectivity index (χ0) is 13.1. The maximum atomic E-state index is 11.7. The number of hydrogen-bond acceptors (Lipinski definition) is 3. The van der Waals surface area contributed by atoms with Crippen LogP contribution in [0.5, 0.6) is 0 Å². The average molecular weight is 254 g/mol. The van der Waals surface area contributed by atoms with Crippen molar-refractivity contribution in [3.8, 4) is 0 Å². The van der Waals surface area contributed by atoms with Crippen LogP contribution >= 0.6 is 0 Å². The summed E-state index contributed by atoms with van der Waals surface area (Å²) in [6.45, 7) is 4.96. The van der Waals surface area contributed by atoms with E-state index in [9.17, 15) is 9.59 Å². The number of likely N-dealkylation sites (tertiary alicyclic amines) is 1. The standard InChI is InChI=1S/C13H22N2O3/c1-9(15-5-3-2-4-6-15)8-14-12(16)10-7-11(10)13(17)18/h9-11H,2-8H2,1H3,(H,14,16)(H,17,18)/t9?,10-,11+/m1/s1. The largest absolute Gasteiger partial charge is 0.481 e. The summed E-state index contributed by atoms with van der Waals surface area (Å²) in [7, 11) is 0. The Labute approximate surface area is 108 Å². The molecule has 1 amide bonds. The number of piperidine rings is 1. The van der Waals surface area contributed by atoms with Gasteiger partial charge < -0.3 is 10.4 Å². The van der Waals surface area contributed by atoms with Gasteiger partial charge in [0.2, 0.25) is 5.91 Å². The number of carbonyl (C=O) groups is 2. The Hall–Kier alpha value is -1.10. The van der Waals surface area contributed by atoms with Crippen LogP contribution in [0.1, 0.15) is 32.6 Å². The fraction of sp³-hybridized carbons (Fsp3) is 0.846. The van der Waals surface area contributed by atoms with Crippen LogP contribution in [0.4, 0.5) is 0 Å². The molecule has 1 aliphatic carbocycles. The first-order valence-corrected chi connectivity index (χ1v) is 6.84. The number of nitrogens with one attached hydrogen (secondary N) is 1. The first-order chi connectivity index (χ1) is 8.59. The molecule has 5 nitrogen and oxygen atoms in total. The van der Waals surface area contributed by atoms with Gasteiger partial charge in [0, 0.05) is 12.6 Å². The van der Waals surface area contributed by atoms with Gasteiger partial charge in [-0.1, -0.05) is 6.42 Å². The van der Waals surface area contributed by atoms with Crippen LogP contribution in [-0.4, -0.2) is 47.6 Å². The third-order valence-corrected chi connectivity index (χ3v) is 4.03. The Bertz CT molecular complexity index is 326. The first kappa shape index (κ1) is 13.3. The van der Waals surface area contributed by atoms with E-state index in [4.69, 9.17) is 5.11 Å². The van der Waals surface area contributed by atoms with E-state index in [2.05, 4.69) is 17.1 Å². The molecule has 0 aromatic heterocycles. The molecular weight excluding hydrogens is 232 g/mol. The number of hydrogen-bond donors (Lipinski definition) is 2. The average Bonchev–Trinajstić information content (AvgIpc) is 3.17. The van der Waals surface area contributed by atoms with Gasteiger partial charge in [0.25, 0.3) is 0 Å². The highest BCUT2D eigenvalue weighted by Gasteiger charge is 2.48. The van der Waals surface area contributed by atoms with Crippen molar-refractivity contribution < 1.29 is 14.7 Å². The molecule has 2 N–H and O–H groups in total. The summed E-state index contributed by atoms with van der Waals surface area (Å²) < 4.78 is 0. The van der Waals surface area contributed by atoms with Crippen molar-refractivity contribution in [1.29, 1.82) is 0 Å². The summed E-state index contributed by atoms with van der Waals surface area (Å²) in [5.74, 6) is -1.68. The minimum Gasteiger partial charge on any atom is -0.481 e. The van der Waals surface area contributed by atoms with Crippen LogP contribution in [-0.2, 0) is 9.59 Å². The number of carboxylic acids is 1. The van der Waals surface area contributed by atoms with E-state index in [1.165, 1.54) is 19.3 Å². The third-order valence-electron chi connectivity index (χ3n) is 4.03. The summed E-state index contributed by atoms with van der Waals surface area (Å²) in [5.41, 5.74) is 0. The van der Waals surface area contributed by atoms with Crippen molar-refractivity contribution in [3.63, 3.8) is 0 Å². The summed E-state index contributed by atoms with van der Waals surface area (Å²) in [5, 5.41) is 11.6. The molecule has 102 valence electrons. The van der Waals surface area contributed by atoms with Crippen LogP contribution in [0.2, 0.25) is 0 Å². The predicted octanol–water partition coefficient (Wildman–Crippen LogP) is 0.698. The Kier molecular flexibility index (Phi) is 4.22. The molecule has 0 radical (unpaired) electrons. The smallest absolute Gasteiger partial charge is 0.307 e. The normalized spacial score (nSPS) is 29.6. The van der Waals surface area contributed by atoms with Crippen molar-refractivity contribution in [3.05, 3.63) is 0 Å². The van der Waals surface area contributed by atoms with Gasteiger partial charge in [0.15, 0.2) is 0 Å². The fourth-order valence-corrected chi connectivity index (χ4v) is 2.63. The van der Waals surface area contributed by atoms with E-state index >= 15 is 0 Å². The molecule has 2 aliphatic rings. The van der Waals surface area contributed by atoms with E-state index in [0.717, 1.165) is 13.1 Å². The number of amides is 1. The van der Waals surface area contributed by atoms with Crippen LogP contribution in [0.15, 0.2) is 0 Å². The Morgan fingerprint density at radius 3 is 2.50 bits per heavy atom. The second-order valence-corrected chi connectivity index (χ2v) is 5.48. The van der Waals surface area contributed by atoms with Gasteiger partial charge in [-0.2, -0.15) is 0 Å². The number of rotatable bonds is 5. The second kappa shape index (κ2) is 5.69. The maximum absolute atomic E-state index is 11.7. The van der Waals surface area contributed by atoms with Crippen molar-refractivity contribution in [2.45, 2.75) is 38.6 Å². The number of carboxylic acid groups (broad SMARTS) is 1. The molecule has 0 spiro atoms. The van der Waals surface area contributed by atoms with Gasteiger partial charge in [-0.25, -0.2) is 0 Å². The number of carbonyl (C=O) groups excluding carboxylic acids is 1. The van der Waals surface area contributed by atoms with Gasteiger partial charge in [-0.05, 0) is 39.3 Å². The predicted molar refractivity (Wildman–Crippen MR) is 67.1 cm³/mol. The number of aliphatic carboxylic acids is 1. The lowest BCUT2D eigenvalue weighted by molar-refractivity contribution is -0.140. The lowest BCUT2D eigenvalue weighted by Crippen LogP contribution is -2.44. The Balaban J connectivity index is 1.68. The summed E-state index contributed by atoms with van der Waals surface area (Å²) in [4.78, 5) is 24.8. The molecule has 2 fully saturated rings. The molecule has 0 bridgehead atoms. The molecule has 1 saturated heterocycles. The van der Waals surface area contributed by atoms with E-state index in [1.807, 2.05) is 0 Å². The monoisotopic (exact) mass is 254 g/mol. The van der Waals surface area contributed by atoms with Gasteiger partial charge in [-0.3, -0.25) is 14.5 Å². The minimum atomic E-state index is -0.848. The number of nitrogens with zero attached hydrogens (tertiary/aromatic N) is 1. The fourth-order valence-electron chi connectivity index (χ4n) is 2.63. The van der Waals surface area contributed by atoms with Crippen molar-refractivity contribution >= 4 is 11.9 Å². The molecule has 1 aliphatic heterocycles. The minimum absolute atomic E-state index is 0.0914. The molecule has 5 heteroatoms. The highest BCUT2D eigenvalue weighted by Crippen LogP contribution is 2.38. The quantitative estimate of drug-likeness (QED) is 0.757. The summed E-state index contributed by atoms with van der Waals surface area (Å²) in [6, 6.07) is 0.344. The SMILES string of the molecule is CC(CNC(=O)[C@@H]1C[C@@H]1C(=O)O)N1CCCCC1. The Morgan fingerprint density at radius 1 is 1.28 bits per heavy atom. The van der Waals surface area contributed by atoms with E-state index in [0.29, 0.717) is 19.0 Å². The summed E-state index contributed by atoms with van der Waals surface area (Å²) >= 11 is 0. The molecular formula is C13H22N2O3. The maximum Gasteiger partial charge on any atom is 0.307 e. The first-order valence-electron chi connectivity index (χ1n) is 6.84. The molecule has 0 aromatic carbocycles. The molecule has 2 rings (SSSR count). The van der Waals surface area contributed by atoms with Crippen molar-refractivity contribution in [1.82, 2.24) is 10.2 Å². The molecule has 18 heavy (non-hydrogen) atoms. The van der Waals surface area contributed by atoms with Gasteiger partial charge in [-0.15, -0.1) is 0 Å². The van der Waals surface area contributed by atoms with Gasteiger partial charge >= 0.3 is 5.97 Å². The Morgan fingerprint density at radius 2 is 1.94 bits per heavy atom. The van der Waals surface area contributed by atoms with Crippen molar-refractivity contribution in [2.24, 2.45) is 11.8 Å². The van der Waals surface area contributed by atoms with E-state index in [1.54, 1.807) is 0 Å². The topological polar surface area (TPSA) is 69.6 Å². The molecule has 0 aromatic rings. The van der Waals surface area contributed by atoms with Crippen LogP contribution < -0.4 is 5.32 Å². The van der Waals surface area contributed by atoms with Crippen LogP contribution in [0, 0.1) is 11.8 Å². The van der Waals surface area contributed by atoms with E-state index < -0.39 is 11.9 Å². The molecule has 1 saturated carbocycles. The molecule has 1 unspecified atom stereocenters. The molecule has 1 heterocycles. The lowest BCUT2D eigenvalue weighted by Gasteiger charge is -2.32. The summed E-state index contributed by atoms with van der Waals surface area (Å²) in [6.07, 6.45) is 4.28. The van der Waals surface area contributed by atoms with Crippen molar-refractivity contribution in [2.75, 3.05) is 19.6 Å². The van der Waals surface area contributed by atoms with Crippen LogP contribution in [0.3, 0.4) is 0 Å². The zero-order valence-electron chi connectivity index (χ0n) is 10.9. The van der Waals surface area contributed by atoms with Crippen LogP contribution in [0.25, 0.3) is 0 Å². The van der Waals surface area contributed by atoms with Gasteiger partial charge in [0.05, 0.1) is 11.8 Å². The second-order valence-electron chi connectivity index (χ2n) is 5.48. The molecule has 3 atom stereocenters. The van der Waals surface area contributed by atoms with Gasteiger partial charge in [0.1, 0.15) is 0 Å². The zero-order valence-corrected chi connectivity index (χ0v) is 10.9. The van der Waals surface area contributed by atoms with E-state index in [-0.39, 0.29) is 11.8 Å².